The Kier molecular flexibility index (Phi) is 4.70. The minimum absolute atomic E-state index is 0.108. The van der Waals surface area contributed by atoms with E-state index in [1.165, 1.54) is 11.3 Å². The maximum absolute atomic E-state index is 12.1. The lowest BCUT2D eigenvalue weighted by Gasteiger charge is -2.06. The Bertz CT molecular complexity index is 692. The van der Waals surface area contributed by atoms with Crippen LogP contribution in [-0.2, 0) is 11.2 Å². The number of oxime groups is 1. The van der Waals surface area contributed by atoms with Gasteiger partial charge in [-0.3, -0.25) is 4.79 Å². The average Bonchev–Trinajstić information content (AvgIpc) is 2.90. The van der Waals surface area contributed by atoms with Gasteiger partial charge in [-0.25, -0.2) is 4.98 Å². The molecule has 2 aromatic rings. The van der Waals surface area contributed by atoms with E-state index < -0.39 is 0 Å². The Balaban J connectivity index is 2.05. The predicted octanol–water partition coefficient (Wildman–Crippen LogP) is 3.14. The fourth-order valence-corrected chi connectivity index (χ4v) is 2.65. The number of carbonyl (C=O) groups excluding carboxylic acids is 1. The van der Waals surface area contributed by atoms with Crippen molar-refractivity contribution < 1.29 is 10.0 Å². The summed E-state index contributed by atoms with van der Waals surface area (Å²) in [6, 6.07) is 6.06. The SMILES string of the molecule is CC(=NO)c1csc(NC(=O)Cc2cc(C)ccc2C)n1. The first-order valence-corrected chi connectivity index (χ1v) is 7.38. The molecule has 1 amide bonds. The Morgan fingerprint density at radius 1 is 1.43 bits per heavy atom. The monoisotopic (exact) mass is 303 g/mol. The summed E-state index contributed by atoms with van der Waals surface area (Å²) in [5.74, 6) is -0.108. The van der Waals surface area contributed by atoms with E-state index in [4.69, 9.17) is 5.21 Å². The molecule has 0 bridgehead atoms. The highest BCUT2D eigenvalue weighted by molar-refractivity contribution is 7.14. The van der Waals surface area contributed by atoms with Gasteiger partial charge in [0.25, 0.3) is 0 Å². The Morgan fingerprint density at radius 3 is 2.90 bits per heavy atom. The third-order valence-corrected chi connectivity index (χ3v) is 3.88. The quantitative estimate of drug-likeness (QED) is 0.517. The number of carbonyl (C=O) groups is 1. The summed E-state index contributed by atoms with van der Waals surface area (Å²) in [6.45, 7) is 5.65. The maximum Gasteiger partial charge on any atom is 0.230 e. The molecule has 0 saturated heterocycles. The number of aryl methyl sites for hydroxylation is 2. The summed E-state index contributed by atoms with van der Waals surface area (Å²) in [6.07, 6.45) is 0.315. The lowest BCUT2D eigenvalue weighted by atomic mass is 10.0. The fourth-order valence-electron chi connectivity index (χ4n) is 1.88. The van der Waals surface area contributed by atoms with Gasteiger partial charge in [-0.2, -0.15) is 0 Å². The molecule has 0 radical (unpaired) electrons. The summed E-state index contributed by atoms with van der Waals surface area (Å²) in [7, 11) is 0. The molecular weight excluding hydrogens is 286 g/mol. The molecule has 5 nitrogen and oxygen atoms in total. The van der Waals surface area contributed by atoms with Gasteiger partial charge in [0.15, 0.2) is 5.13 Å². The standard InChI is InChI=1S/C15H17N3O2S/c1-9-4-5-10(2)12(6-9)7-14(19)17-15-16-13(8-21-15)11(3)18-20/h4-6,8,20H,7H2,1-3H3,(H,16,17,19). The van der Waals surface area contributed by atoms with Crippen molar-refractivity contribution in [3.63, 3.8) is 0 Å². The molecule has 0 fully saturated rings. The van der Waals surface area contributed by atoms with Crippen LogP contribution in [0.2, 0.25) is 0 Å². The van der Waals surface area contributed by atoms with E-state index in [2.05, 4.69) is 15.5 Å². The summed E-state index contributed by atoms with van der Waals surface area (Å²) in [5, 5.41) is 16.8. The van der Waals surface area contributed by atoms with Gasteiger partial charge in [0.1, 0.15) is 11.4 Å². The third kappa shape index (κ3) is 3.88. The first-order chi connectivity index (χ1) is 9.99. The van der Waals surface area contributed by atoms with Gasteiger partial charge in [0.05, 0.1) is 6.42 Å². The molecule has 21 heavy (non-hydrogen) atoms. The van der Waals surface area contributed by atoms with E-state index in [-0.39, 0.29) is 5.91 Å². The molecule has 110 valence electrons. The van der Waals surface area contributed by atoms with Crippen LogP contribution in [0, 0.1) is 13.8 Å². The van der Waals surface area contributed by atoms with E-state index in [0.717, 1.165) is 16.7 Å². The van der Waals surface area contributed by atoms with E-state index in [1.807, 2.05) is 32.0 Å². The second-order valence-corrected chi connectivity index (χ2v) is 5.74. The normalized spacial score (nSPS) is 11.5. The average molecular weight is 303 g/mol. The molecule has 0 saturated carbocycles. The second kappa shape index (κ2) is 6.49. The summed E-state index contributed by atoms with van der Waals surface area (Å²) in [4.78, 5) is 16.3. The Labute approximate surface area is 127 Å². The number of nitrogens with one attached hydrogen (secondary N) is 1. The Hall–Kier alpha value is -2.21. The highest BCUT2D eigenvalue weighted by Crippen LogP contribution is 2.17. The van der Waals surface area contributed by atoms with E-state index >= 15 is 0 Å². The van der Waals surface area contributed by atoms with E-state index in [9.17, 15) is 4.79 Å². The smallest absolute Gasteiger partial charge is 0.230 e. The van der Waals surface area contributed by atoms with Crippen molar-refractivity contribution in [2.24, 2.45) is 5.16 Å². The molecule has 0 atom stereocenters. The van der Waals surface area contributed by atoms with Gasteiger partial charge in [-0.05, 0) is 31.9 Å². The zero-order valence-corrected chi connectivity index (χ0v) is 13.0. The van der Waals surface area contributed by atoms with Crippen molar-refractivity contribution in [2.75, 3.05) is 5.32 Å². The number of benzene rings is 1. The minimum atomic E-state index is -0.108. The van der Waals surface area contributed by atoms with Crippen LogP contribution in [0.5, 0.6) is 0 Å². The number of hydrogen-bond donors (Lipinski definition) is 2. The molecule has 1 aromatic heterocycles. The van der Waals surface area contributed by atoms with Crippen molar-refractivity contribution in [2.45, 2.75) is 27.2 Å². The van der Waals surface area contributed by atoms with Crippen LogP contribution >= 0.6 is 11.3 Å². The zero-order valence-electron chi connectivity index (χ0n) is 12.2. The number of nitrogens with zero attached hydrogens (tertiary/aromatic N) is 2. The summed E-state index contributed by atoms with van der Waals surface area (Å²) in [5.41, 5.74) is 4.22. The molecule has 2 rings (SSSR count). The maximum atomic E-state index is 12.1. The van der Waals surface area contributed by atoms with Crippen LogP contribution < -0.4 is 5.32 Å². The lowest BCUT2D eigenvalue weighted by Crippen LogP contribution is -2.15. The number of thiazole rings is 1. The van der Waals surface area contributed by atoms with Crippen LogP contribution in [0.4, 0.5) is 5.13 Å². The molecule has 0 unspecified atom stereocenters. The van der Waals surface area contributed by atoms with Crippen LogP contribution in [0.1, 0.15) is 29.3 Å². The summed E-state index contributed by atoms with van der Waals surface area (Å²) >= 11 is 1.30. The largest absolute Gasteiger partial charge is 0.411 e. The first kappa shape index (κ1) is 15.2. The van der Waals surface area contributed by atoms with Gasteiger partial charge < -0.3 is 10.5 Å². The second-order valence-electron chi connectivity index (χ2n) is 4.88. The molecule has 2 N–H and O–H groups in total. The molecule has 1 aromatic carbocycles. The topological polar surface area (TPSA) is 74.6 Å². The van der Waals surface area contributed by atoms with Gasteiger partial charge in [-0.15, -0.1) is 11.3 Å². The fraction of sp³-hybridized carbons (Fsp3) is 0.267. The van der Waals surface area contributed by atoms with Gasteiger partial charge in [0, 0.05) is 5.38 Å². The first-order valence-electron chi connectivity index (χ1n) is 6.50. The van der Waals surface area contributed by atoms with Crippen LogP contribution in [0.15, 0.2) is 28.7 Å². The van der Waals surface area contributed by atoms with Crippen LogP contribution in [0.3, 0.4) is 0 Å². The highest BCUT2D eigenvalue weighted by atomic mass is 32.1. The molecule has 0 aliphatic heterocycles. The summed E-state index contributed by atoms with van der Waals surface area (Å²) < 4.78 is 0. The van der Waals surface area contributed by atoms with Crippen molar-refractivity contribution in [3.05, 3.63) is 46.0 Å². The van der Waals surface area contributed by atoms with Crippen LogP contribution in [-0.4, -0.2) is 21.8 Å². The van der Waals surface area contributed by atoms with Gasteiger partial charge >= 0.3 is 0 Å². The molecule has 0 spiro atoms. The molecular formula is C15H17N3O2S. The lowest BCUT2D eigenvalue weighted by molar-refractivity contribution is -0.115. The molecule has 1 heterocycles. The number of aromatic nitrogens is 1. The van der Waals surface area contributed by atoms with Gasteiger partial charge in [0.2, 0.25) is 5.91 Å². The third-order valence-electron chi connectivity index (χ3n) is 3.13. The van der Waals surface area contributed by atoms with Crippen LogP contribution in [0.25, 0.3) is 0 Å². The number of rotatable bonds is 4. The van der Waals surface area contributed by atoms with Crippen molar-refractivity contribution >= 4 is 28.1 Å². The van der Waals surface area contributed by atoms with E-state index in [1.54, 1.807) is 12.3 Å². The number of hydrogen-bond acceptors (Lipinski definition) is 5. The number of amides is 1. The minimum Gasteiger partial charge on any atom is -0.411 e. The van der Waals surface area contributed by atoms with Crippen molar-refractivity contribution in [1.29, 1.82) is 0 Å². The van der Waals surface area contributed by atoms with Crippen molar-refractivity contribution in [1.82, 2.24) is 4.98 Å². The number of anilines is 1. The molecule has 0 aliphatic rings. The van der Waals surface area contributed by atoms with E-state index in [0.29, 0.717) is 23.0 Å². The highest BCUT2D eigenvalue weighted by Gasteiger charge is 2.10. The van der Waals surface area contributed by atoms with Crippen molar-refractivity contribution in [3.8, 4) is 0 Å². The zero-order chi connectivity index (χ0) is 15.4. The predicted molar refractivity (Wildman–Crippen MR) is 84.4 cm³/mol. The molecule has 0 aliphatic carbocycles. The molecule has 6 heteroatoms. The van der Waals surface area contributed by atoms with Gasteiger partial charge in [-0.1, -0.05) is 28.9 Å². The Morgan fingerprint density at radius 2 is 2.19 bits per heavy atom.